The minimum Gasteiger partial charge on any atom is -0.310 e. The molecular weight excluding hydrogens is 232 g/mol. The van der Waals surface area contributed by atoms with Crippen LogP contribution in [-0.2, 0) is 0 Å². The summed E-state index contributed by atoms with van der Waals surface area (Å²) < 4.78 is 0. The minimum atomic E-state index is 0.722. The Morgan fingerprint density at radius 1 is 1.16 bits per heavy atom. The van der Waals surface area contributed by atoms with Gasteiger partial charge >= 0.3 is 0 Å². The summed E-state index contributed by atoms with van der Waals surface area (Å²) in [6.45, 7) is 3.63. The largest absolute Gasteiger partial charge is 0.310 e. The quantitative estimate of drug-likeness (QED) is 0.891. The fourth-order valence-corrected chi connectivity index (χ4v) is 3.40. The maximum atomic E-state index is 3.69. The van der Waals surface area contributed by atoms with Gasteiger partial charge in [-0.1, -0.05) is 42.5 Å². The molecule has 0 saturated carbocycles. The van der Waals surface area contributed by atoms with Crippen molar-refractivity contribution in [3.05, 3.63) is 42.0 Å². The average molecular weight is 256 g/mol. The first kappa shape index (κ1) is 12.9. The van der Waals surface area contributed by atoms with Gasteiger partial charge in [0.2, 0.25) is 0 Å². The summed E-state index contributed by atoms with van der Waals surface area (Å²) in [6, 6.07) is 12.1. The lowest BCUT2D eigenvalue weighted by Crippen LogP contribution is -2.45. The van der Waals surface area contributed by atoms with Crippen molar-refractivity contribution >= 4 is 6.08 Å². The molecule has 0 radical (unpaired) electrons. The maximum absolute atomic E-state index is 3.69. The Bertz CT molecular complexity index is 413. The fourth-order valence-electron chi connectivity index (χ4n) is 3.40. The molecule has 2 saturated heterocycles. The van der Waals surface area contributed by atoms with E-state index in [1.165, 1.54) is 44.3 Å². The lowest BCUT2D eigenvalue weighted by Gasteiger charge is -2.35. The average Bonchev–Trinajstić information content (AvgIpc) is 2.92. The van der Waals surface area contributed by atoms with Gasteiger partial charge in [0.15, 0.2) is 0 Å². The zero-order valence-electron chi connectivity index (χ0n) is 11.6. The lowest BCUT2D eigenvalue weighted by atomic mass is 9.97. The molecule has 0 aromatic heterocycles. The summed E-state index contributed by atoms with van der Waals surface area (Å²) in [7, 11) is 0. The van der Waals surface area contributed by atoms with E-state index in [1.54, 1.807) is 0 Å². The van der Waals surface area contributed by atoms with E-state index < -0.39 is 0 Å². The second-order valence-electron chi connectivity index (χ2n) is 5.77. The van der Waals surface area contributed by atoms with E-state index in [-0.39, 0.29) is 0 Å². The van der Waals surface area contributed by atoms with Crippen LogP contribution in [0, 0.1) is 0 Å². The summed E-state index contributed by atoms with van der Waals surface area (Å²) in [5.74, 6) is 0. The Morgan fingerprint density at radius 2 is 2.05 bits per heavy atom. The van der Waals surface area contributed by atoms with E-state index in [0.717, 1.165) is 18.6 Å². The molecule has 2 heteroatoms. The summed E-state index contributed by atoms with van der Waals surface area (Å²) >= 11 is 0. The van der Waals surface area contributed by atoms with E-state index >= 15 is 0 Å². The normalized spacial score (nSPS) is 27.8. The van der Waals surface area contributed by atoms with Crippen molar-refractivity contribution in [1.82, 2.24) is 10.2 Å². The zero-order valence-corrected chi connectivity index (χ0v) is 11.6. The summed E-state index contributed by atoms with van der Waals surface area (Å²) in [5.41, 5.74) is 1.29. The molecule has 0 amide bonds. The van der Waals surface area contributed by atoms with Gasteiger partial charge in [-0.05, 0) is 44.3 Å². The van der Waals surface area contributed by atoms with E-state index in [4.69, 9.17) is 0 Å². The molecule has 0 aliphatic carbocycles. The van der Waals surface area contributed by atoms with Gasteiger partial charge in [0.05, 0.1) is 0 Å². The molecule has 3 rings (SSSR count). The molecule has 2 atom stereocenters. The van der Waals surface area contributed by atoms with Gasteiger partial charge in [-0.25, -0.2) is 0 Å². The van der Waals surface area contributed by atoms with Crippen LogP contribution in [0.3, 0.4) is 0 Å². The SMILES string of the molecule is C(=C\c1ccccc1)/CNC1CCN2CCCC2C1. The number of hydrogen-bond donors (Lipinski definition) is 1. The topological polar surface area (TPSA) is 15.3 Å². The number of fused-ring (bicyclic) bond motifs is 1. The van der Waals surface area contributed by atoms with Gasteiger partial charge in [-0.15, -0.1) is 0 Å². The molecule has 0 bridgehead atoms. The second kappa shape index (κ2) is 6.36. The van der Waals surface area contributed by atoms with Crippen molar-refractivity contribution in [1.29, 1.82) is 0 Å². The first-order chi connectivity index (χ1) is 9.42. The van der Waals surface area contributed by atoms with Crippen LogP contribution in [0.1, 0.15) is 31.2 Å². The van der Waals surface area contributed by atoms with Gasteiger partial charge < -0.3 is 10.2 Å². The lowest BCUT2D eigenvalue weighted by molar-refractivity contribution is 0.169. The van der Waals surface area contributed by atoms with Crippen LogP contribution < -0.4 is 5.32 Å². The Morgan fingerprint density at radius 3 is 2.95 bits per heavy atom. The van der Waals surface area contributed by atoms with Crippen LogP contribution in [0.5, 0.6) is 0 Å². The number of benzene rings is 1. The number of nitrogens with one attached hydrogen (secondary N) is 1. The Balaban J connectivity index is 1.42. The monoisotopic (exact) mass is 256 g/mol. The fraction of sp³-hybridized carbons (Fsp3) is 0.529. The molecule has 19 heavy (non-hydrogen) atoms. The Kier molecular flexibility index (Phi) is 4.31. The van der Waals surface area contributed by atoms with E-state index in [0.29, 0.717) is 0 Å². The van der Waals surface area contributed by atoms with Crippen LogP contribution >= 0.6 is 0 Å². The first-order valence-electron chi connectivity index (χ1n) is 7.61. The molecule has 102 valence electrons. The van der Waals surface area contributed by atoms with Gasteiger partial charge in [0.25, 0.3) is 0 Å². The van der Waals surface area contributed by atoms with E-state index in [9.17, 15) is 0 Å². The number of nitrogens with zero attached hydrogens (tertiary/aromatic N) is 1. The number of rotatable bonds is 4. The first-order valence-corrected chi connectivity index (χ1v) is 7.61. The molecule has 1 aromatic rings. The third-order valence-electron chi connectivity index (χ3n) is 4.45. The van der Waals surface area contributed by atoms with Gasteiger partial charge in [0, 0.05) is 18.6 Å². The van der Waals surface area contributed by atoms with Gasteiger partial charge in [-0.3, -0.25) is 0 Å². The summed E-state index contributed by atoms with van der Waals surface area (Å²) in [6.07, 6.45) is 9.94. The predicted molar refractivity (Wildman–Crippen MR) is 81.1 cm³/mol. The number of hydrogen-bond acceptors (Lipinski definition) is 2. The standard InChI is InChI=1S/C17H24N2/c1-2-6-15(7-3-1)8-4-11-18-16-10-13-19-12-5-9-17(19)14-16/h1-4,6-8,16-18H,5,9-14H2/b8-4+. The van der Waals surface area contributed by atoms with Crippen LogP contribution in [-0.4, -0.2) is 36.6 Å². The van der Waals surface area contributed by atoms with Crippen molar-refractivity contribution in [2.75, 3.05) is 19.6 Å². The van der Waals surface area contributed by atoms with Gasteiger partial charge in [-0.2, -0.15) is 0 Å². The zero-order chi connectivity index (χ0) is 12.9. The molecule has 2 aliphatic heterocycles. The molecule has 2 heterocycles. The molecule has 2 nitrogen and oxygen atoms in total. The van der Waals surface area contributed by atoms with Crippen molar-refractivity contribution in [3.8, 4) is 0 Å². The van der Waals surface area contributed by atoms with Crippen LogP contribution in [0.25, 0.3) is 6.08 Å². The third-order valence-corrected chi connectivity index (χ3v) is 4.45. The second-order valence-corrected chi connectivity index (χ2v) is 5.77. The molecule has 2 fully saturated rings. The maximum Gasteiger partial charge on any atom is 0.0140 e. The minimum absolute atomic E-state index is 0.722. The highest BCUT2D eigenvalue weighted by Crippen LogP contribution is 2.26. The molecule has 2 unspecified atom stereocenters. The Labute approximate surface area is 116 Å². The summed E-state index contributed by atoms with van der Waals surface area (Å²) in [5, 5.41) is 3.69. The van der Waals surface area contributed by atoms with Crippen LogP contribution in [0.2, 0.25) is 0 Å². The predicted octanol–water partition coefficient (Wildman–Crippen LogP) is 2.92. The van der Waals surface area contributed by atoms with Gasteiger partial charge in [0.1, 0.15) is 0 Å². The molecule has 0 spiro atoms. The highest BCUT2D eigenvalue weighted by atomic mass is 15.2. The van der Waals surface area contributed by atoms with E-state index in [1.807, 2.05) is 0 Å². The molecule has 1 N–H and O–H groups in total. The number of piperidine rings is 1. The molecule has 1 aromatic carbocycles. The van der Waals surface area contributed by atoms with Crippen molar-refractivity contribution < 1.29 is 0 Å². The van der Waals surface area contributed by atoms with Crippen molar-refractivity contribution in [2.24, 2.45) is 0 Å². The highest BCUT2D eigenvalue weighted by Gasteiger charge is 2.30. The van der Waals surface area contributed by atoms with E-state index in [2.05, 4.69) is 52.7 Å². The molecular formula is C17H24N2. The Hall–Kier alpha value is -1.12. The van der Waals surface area contributed by atoms with Crippen molar-refractivity contribution in [3.63, 3.8) is 0 Å². The van der Waals surface area contributed by atoms with Crippen LogP contribution in [0.15, 0.2) is 36.4 Å². The van der Waals surface area contributed by atoms with Crippen LogP contribution in [0.4, 0.5) is 0 Å². The molecule has 2 aliphatic rings. The third kappa shape index (κ3) is 3.46. The highest BCUT2D eigenvalue weighted by molar-refractivity contribution is 5.48. The smallest absolute Gasteiger partial charge is 0.0140 e. The van der Waals surface area contributed by atoms with Crippen molar-refractivity contribution in [2.45, 2.75) is 37.8 Å². The summed E-state index contributed by atoms with van der Waals surface area (Å²) in [4.78, 5) is 2.68.